The molecule has 0 spiro atoms. The molecule has 0 radical (unpaired) electrons. The minimum Gasteiger partial charge on any atom is -0.354 e. The van der Waals surface area contributed by atoms with Gasteiger partial charge in [-0.2, -0.15) is 4.68 Å². The van der Waals surface area contributed by atoms with Gasteiger partial charge in [-0.1, -0.05) is 17.7 Å². The van der Waals surface area contributed by atoms with Crippen LogP contribution >= 0.6 is 11.6 Å². The first-order valence-corrected chi connectivity index (χ1v) is 10.3. The second-order valence-corrected chi connectivity index (χ2v) is 7.62. The molecule has 2 aromatic carbocycles. The maximum Gasteiger partial charge on any atom is 0.349 e. The molecule has 1 aliphatic heterocycles. The van der Waals surface area contributed by atoms with Crippen molar-refractivity contribution in [2.75, 3.05) is 11.9 Å². The van der Waals surface area contributed by atoms with Crippen LogP contribution in [-0.2, 0) is 4.79 Å². The number of halogens is 1. The van der Waals surface area contributed by atoms with Crippen LogP contribution in [0.3, 0.4) is 0 Å². The molecule has 4 rings (SSSR count). The summed E-state index contributed by atoms with van der Waals surface area (Å²) in [6.45, 7) is 0.640. The standard InChI is InChI=1S/C21H21ClN6O3/c22-14-4-3-5-16(12-14)28-21(31)26-20(27-28)24-15-9-7-13(8-10-15)18(29)25-17-6-1-2-11-23-19(17)30/h3-5,7-10,12,17H,1-2,6,11H2,(H,23,30)(H,25,29)(H2,24,26,27,31). The van der Waals surface area contributed by atoms with Crippen LogP contribution in [-0.4, -0.2) is 39.2 Å². The molecular formula is C21H21ClN6O3. The van der Waals surface area contributed by atoms with E-state index in [0.717, 1.165) is 12.8 Å². The Morgan fingerprint density at radius 3 is 2.71 bits per heavy atom. The number of amides is 2. The van der Waals surface area contributed by atoms with Gasteiger partial charge in [-0.25, -0.2) is 4.79 Å². The summed E-state index contributed by atoms with van der Waals surface area (Å²) in [5, 5.41) is 13.3. The number of hydrogen-bond donors (Lipinski definition) is 4. The minimum atomic E-state index is -0.520. The molecular weight excluding hydrogens is 420 g/mol. The first-order chi connectivity index (χ1) is 15.0. The molecule has 0 bridgehead atoms. The second kappa shape index (κ2) is 9.05. The highest BCUT2D eigenvalue weighted by Gasteiger charge is 2.22. The van der Waals surface area contributed by atoms with Crippen molar-refractivity contribution in [3.8, 4) is 5.69 Å². The zero-order chi connectivity index (χ0) is 21.8. The number of nitrogens with one attached hydrogen (secondary N) is 4. The van der Waals surface area contributed by atoms with Crippen LogP contribution in [0.4, 0.5) is 11.6 Å². The van der Waals surface area contributed by atoms with Crippen molar-refractivity contribution in [1.82, 2.24) is 25.4 Å². The third-order valence-electron chi connectivity index (χ3n) is 4.92. The van der Waals surface area contributed by atoms with Gasteiger partial charge in [0.15, 0.2) is 0 Å². The van der Waals surface area contributed by atoms with Gasteiger partial charge in [0.2, 0.25) is 11.9 Å². The summed E-state index contributed by atoms with van der Waals surface area (Å²) in [5.74, 6) is -0.215. The molecule has 1 unspecified atom stereocenters. The van der Waals surface area contributed by atoms with Crippen LogP contribution in [0.1, 0.15) is 29.6 Å². The van der Waals surface area contributed by atoms with Gasteiger partial charge in [-0.05, 0) is 61.7 Å². The maximum atomic E-state index is 12.5. The highest BCUT2D eigenvalue weighted by Crippen LogP contribution is 2.16. The predicted molar refractivity (Wildman–Crippen MR) is 117 cm³/mol. The Morgan fingerprint density at radius 2 is 1.94 bits per heavy atom. The fourth-order valence-electron chi connectivity index (χ4n) is 3.32. The Kier molecular flexibility index (Phi) is 6.03. The smallest absolute Gasteiger partial charge is 0.349 e. The number of aromatic nitrogens is 3. The molecule has 9 nitrogen and oxygen atoms in total. The first kappa shape index (κ1) is 20.7. The topological polar surface area (TPSA) is 121 Å². The molecule has 3 aromatic rings. The molecule has 1 atom stereocenters. The fourth-order valence-corrected chi connectivity index (χ4v) is 3.51. The van der Waals surface area contributed by atoms with Crippen molar-refractivity contribution in [2.45, 2.75) is 25.3 Å². The van der Waals surface area contributed by atoms with Crippen LogP contribution in [0.25, 0.3) is 5.69 Å². The number of anilines is 2. The van der Waals surface area contributed by atoms with Crippen molar-refractivity contribution in [1.29, 1.82) is 0 Å². The number of carbonyl (C=O) groups is 2. The lowest BCUT2D eigenvalue weighted by Gasteiger charge is -2.15. The van der Waals surface area contributed by atoms with Gasteiger partial charge in [0.05, 0.1) is 5.69 Å². The molecule has 160 valence electrons. The average molecular weight is 441 g/mol. The van der Waals surface area contributed by atoms with Crippen LogP contribution in [0, 0.1) is 0 Å². The van der Waals surface area contributed by atoms with Crippen molar-refractivity contribution in [3.05, 3.63) is 69.6 Å². The maximum absolute atomic E-state index is 12.5. The Hall–Kier alpha value is -3.59. The Balaban J connectivity index is 1.43. The molecule has 2 heterocycles. The summed E-state index contributed by atoms with van der Waals surface area (Å²) in [6.07, 6.45) is 2.42. The van der Waals surface area contributed by atoms with Gasteiger partial charge in [0.1, 0.15) is 6.04 Å². The highest BCUT2D eigenvalue weighted by molar-refractivity contribution is 6.30. The van der Waals surface area contributed by atoms with Gasteiger partial charge in [-0.3, -0.25) is 14.6 Å². The lowest BCUT2D eigenvalue weighted by molar-refractivity contribution is -0.122. The monoisotopic (exact) mass is 440 g/mol. The summed E-state index contributed by atoms with van der Waals surface area (Å²) >= 11 is 5.98. The number of carbonyl (C=O) groups excluding carboxylic acids is 2. The highest BCUT2D eigenvalue weighted by atomic mass is 35.5. The number of nitrogens with zero attached hydrogens (tertiary/aromatic N) is 2. The van der Waals surface area contributed by atoms with Gasteiger partial charge >= 0.3 is 5.69 Å². The van der Waals surface area contributed by atoms with E-state index in [4.69, 9.17) is 11.6 Å². The van der Waals surface area contributed by atoms with Gasteiger partial charge in [-0.15, -0.1) is 5.10 Å². The summed E-state index contributed by atoms with van der Waals surface area (Å²) < 4.78 is 1.20. The summed E-state index contributed by atoms with van der Waals surface area (Å²) in [5.41, 5.74) is 1.19. The van der Waals surface area contributed by atoms with Crippen LogP contribution in [0.2, 0.25) is 5.02 Å². The molecule has 10 heteroatoms. The lowest BCUT2D eigenvalue weighted by Crippen LogP contribution is -2.45. The van der Waals surface area contributed by atoms with Gasteiger partial charge in [0, 0.05) is 22.8 Å². The van der Waals surface area contributed by atoms with Crippen LogP contribution < -0.4 is 21.6 Å². The first-order valence-electron chi connectivity index (χ1n) is 9.90. The zero-order valence-electron chi connectivity index (χ0n) is 16.5. The average Bonchev–Trinajstić information content (AvgIpc) is 3.00. The quantitative estimate of drug-likeness (QED) is 0.485. The van der Waals surface area contributed by atoms with Crippen molar-refractivity contribution in [2.24, 2.45) is 0 Å². The summed E-state index contributed by atoms with van der Waals surface area (Å²) in [7, 11) is 0. The Labute approximate surface area is 182 Å². The molecule has 2 amide bonds. The summed E-state index contributed by atoms with van der Waals surface area (Å²) in [4.78, 5) is 39.3. The SMILES string of the molecule is O=C(NC1CCCCNC1=O)c1ccc(Nc2nn(-c3cccc(Cl)c3)c(=O)[nH]2)cc1. The van der Waals surface area contributed by atoms with E-state index in [1.165, 1.54) is 4.68 Å². The van der Waals surface area contributed by atoms with E-state index in [2.05, 4.69) is 26.0 Å². The second-order valence-electron chi connectivity index (χ2n) is 7.19. The molecule has 4 N–H and O–H groups in total. The zero-order valence-corrected chi connectivity index (χ0v) is 17.3. The lowest BCUT2D eigenvalue weighted by atomic mass is 10.1. The number of H-pyrrole nitrogens is 1. The fraction of sp³-hybridized carbons (Fsp3) is 0.238. The van der Waals surface area contributed by atoms with Crippen LogP contribution in [0.5, 0.6) is 0 Å². The molecule has 1 aromatic heterocycles. The predicted octanol–water partition coefficient (Wildman–Crippen LogP) is 2.36. The number of hydrogen-bond acceptors (Lipinski definition) is 5. The van der Waals surface area contributed by atoms with Crippen molar-refractivity contribution >= 4 is 35.1 Å². The van der Waals surface area contributed by atoms with Crippen molar-refractivity contribution < 1.29 is 9.59 Å². The summed E-state index contributed by atoms with van der Waals surface area (Å²) in [6, 6.07) is 12.9. The van der Waals surface area contributed by atoms with E-state index < -0.39 is 11.7 Å². The number of benzene rings is 2. The number of aromatic amines is 1. The van der Waals surface area contributed by atoms with Crippen LogP contribution in [0.15, 0.2) is 53.3 Å². The third-order valence-corrected chi connectivity index (χ3v) is 5.16. The minimum absolute atomic E-state index is 0.150. The largest absolute Gasteiger partial charge is 0.354 e. The molecule has 1 aliphatic rings. The van der Waals surface area contributed by atoms with E-state index in [1.54, 1.807) is 48.5 Å². The van der Waals surface area contributed by atoms with Crippen molar-refractivity contribution in [3.63, 3.8) is 0 Å². The van der Waals surface area contributed by atoms with E-state index in [0.29, 0.717) is 34.9 Å². The Morgan fingerprint density at radius 1 is 1.13 bits per heavy atom. The van der Waals surface area contributed by atoms with E-state index in [1.807, 2.05) is 0 Å². The van der Waals surface area contributed by atoms with E-state index >= 15 is 0 Å². The molecule has 1 saturated heterocycles. The Bertz CT molecular complexity index is 1150. The molecule has 0 saturated carbocycles. The molecule has 0 aliphatic carbocycles. The van der Waals surface area contributed by atoms with Gasteiger partial charge < -0.3 is 16.0 Å². The van der Waals surface area contributed by atoms with Gasteiger partial charge in [0.25, 0.3) is 5.91 Å². The normalized spacial score (nSPS) is 16.3. The molecule has 1 fully saturated rings. The third kappa shape index (κ3) is 4.95. The number of rotatable bonds is 5. The van der Waals surface area contributed by atoms with E-state index in [-0.39, 0.29) is 17.8 Å². The van der Waals surface area contributed by atoms with E-state index in [9.17, 15) is 14.4 Å². The molecule has 31 heavy (non-hydrogen) atoms.